The zero-order chi connectivity index (χ0) is 21.2. The monoisotopic (exact) mass is 413 g/mol. The van der Waals surface area contributed by atoms with Crippen molar-refractivity contribution in [3.63, 3.8) is 0 Å². The fraction of sp³-hybridized carbons (Fsp3) is 0.318. The molecule has 1 unspecified atom stereocenters. The highest BCUT2D eigenvalue weighted by Crippen LogP contribution is 2.27. The Labute approximate surface area is 171 Å². The van der Waals surface area contributed by atoms with Crippen LogP contribution in [0.15, 0.2) is 52.9 Å². The average molecular weight is 414 g/mol. The van der Waals surface area contributed by atoms with Gasteiger partial charge in [0.1, 0.15) is 11.3 Å². The molecule has 0 spiro atoms. The molecule has 2 aromatic carbocycles. The van der Waals surface area contributed by atoms with Crippen molar-refractivity contribution in [3.8, 4) is 5.75 Å². The molecule has 0 fully saturated rings. The van der Waals surface area contributed by atoms with E-state index < -0.39 is 14.6 Å². The number of benzene rings is 2. The van der Waals surface area contributed by atoms with Crippen LogP contribution >= 0.6 is 0 Å². The van der Waals surface area contributed by atoms with Crippen molar-refractivity contribution in [2.75, 3.05) is 7.11 Å². The number of furan rings is 1. The first-order valence-electron chi connectivity index (χ1n) is 9.62. The Morgan fingerprint density at radius 1 is 1.14 bits per heavy atom. The van der Waals surface area contributed by atoms with Gasteiger partial charge in [-0.05, 0) is 53.4 Å². The van der Waals surface area contributed by atoms with Crippen molar-refractivity contribution in [2.45, 2.75) is 37.9 Å². The Morgan fingerprint density at radius 3 is 2.45 bits per heavy atom. The third-order valence-corrected chi connectivity index (χ3v) is 8.13. The highest BCUT2D eigenvalue weighted by Gasteiger charge is 2.32. The summed E-state index contributed by atoms with van der Waals surface area (Å²) in [6, 6.07) is 13.9. The summed E-state index contributed by atoms with van der Waals surface area (Å²) in [5.74, 6) is 0.593. The Hall–Kier alpha value is -2.45. The summed E-state index contributed by atoms with van der Waals surface area (Å²) in [6.45, 7) is 3.65. The summed E-state index contributed by atoms with van der Waals surface area (Å²) in [6.07, 6.45) is 0.576. The first-order chi connectivity index (χ1) is 13.7. The van der Waals surface area contributed by atoms with E-state index in [1.165, 1.54) is 0 Å². The molecule has 0 aliphatic carbocycles. The molecule has 0 saturated carbocycles. The lowest BCUT2D eigenvalue weighted by Gasteiger charge is -2.21. The Balaban J connectivity index is 1.71. The van der Waals surface area contributed by atoms with E-state index >= 15 is 0 Å². The second kappa shape index (κ2) is 8.50. The van der Waals surface area contributed by atoms with Gasteiger partial charge in [0.25, 0.3) is 0 Å². The fourth-order valence-electron chi connectivity index (χ4n) is 3.08. The lowest BCUT2D eigenvalue weighted by molar-refractivity contribution is 0.0936. The molecule has 0 aliphatic heterocycles. The van der Waals surface area contributed by atoms with Gasteiger partial charge in [0.15, 0.2) is 5.76 Å². The maximum Gasteiger partial charge on any atom is 0.335 e. The summed E-state index contributed by atoms with van der Waals surface area (Å²) in [7, 11) is -1.60. The molecule has 0 aliphatic rings. The molecule has 7 heteroatoms. The van der Waals surface area contributed by atoms with Crippen LogP contribution in [0, 0.1) is 0 Å². The van der Waals surface area contributed by atoms with Crippen LogP contribution < -0.4 is 10.5 Å². The molecule has 1 aromatic heterocycles. The molecule has 1 atom stereocenters. The van der Waals surface area contributed by atoms with E-state index in [0.29, 0.717) is 29.4 Å². The van der Waals surface area contributed by atoms with Crippen LogP contribution in [0.4, 0.5) is 0 Å². The minimum Gasteiger partial charge on any atom is -0.497 e. The highest BCUT2D eigenvalue weighted by atomic mass is 28.4. The molecule has 3 aromatic rings. The molecule has 29 heavy (non-hydrogen) atoms. The van der Waals surface area contributed by atoms with Gasteiger partial charge in [-0.15, -0.1) is 0 Å². The van der Waals surface area contributed by atoms with Crippen LogP contribution in [0.5, 0.6) is 5.75 Å². The first-order valence-corrected chi connectivity index (χ1v) is 11.8. The van der Waals surface area contributed by atoms with Crippen LogP contribution in [-0.4, -0.2) is 31.0 Å². The smallest absolute Gasteiger partial charge is 0.335 e. The standard InChI is InChI=1S/C22H27NO5Si/c1-14(2)29(25,26)11-10-15-4-6-16(7-5-15)21(23)22(24)20-13-17-12-18(27-3)8-9-19(17)28-20/h4-9,12-14,21,25-26H,10-11,23H2,1-3H3. The van der Waals surface area contributed by atoms with Crippen molar-refractivity contribution in [3.05, 3.63) is 65.4 Å². The number of hydrogen-bond acceptors (Lipinski definition) is 6. The van der Waals surface area contributed by atoms with E-state index in [4.69, 9.17) is 14.9 Å². The quantitative estimate of drug-likeness (QED) is 0.384. The van der Waals surface area contributed by atoms with Crippen LogP contribution in [-0.2, 0) is 6.42 Å². The van der Waals surface area contributed by atoms with Crippen molar-refractivity contribution in [1.82, 2.24) is 0 Å². The van der Waals surface area contributed by atoms with E-state index in [9.17, 15) is 14.4 Å². The molecule has 0 radical (unpaired) electrons. The number of ketones is 1. The number of methoxy groups -OCH3 is 1. The SMILES string of the molecule is COc1ccc2oc(C(=O)C(N)c3ccc(CC[Si](O)(O)C(C)C)cc3)cc2c1. The van der Waals surface area contributed by atoms with Crippen molar-refractivity contribution >= 4 is 25.3 Å². The van der Waals surface area contributed by atoms with Crippen LogP contribution in [0.3, 0.4) is 0 Å². The molecule has 6 nitrogen and oxygen atoms in total. The van der Waals surface area contributed by atoms with Gasteiger partial charge in [0.05, 0.1) is 13.2 Å². The van der Waals surface area contributed by atoms with Gasteiger partial charge in [-0.25, -0.2) is 0 Å². The molecule has 0 amide bonds. The van der Waals surface area contributed by atoms with Crippen LogP contribution in [0.1, 0.15) is 41.6 Å². The Morgan fingerprint density at radius 2 is 1.83 bits per heavy atom. The van der Waals surface area contributed by atoms with Crippen molar-refractivity contribution < 1.29 is 23.5 Å². The second-order valence-corrected chi connectivity index (χ2v) is 11.0. The maximum absolute atomic E-state index is 12.8. The predicted molar refractivity (Wildman–Crippen MR) is 114 cm³/mol. The van der Waals surface area contributed by atoms with E-state index in [0.717, 1.165) is 10.9 Å². The molecule has 154 valence electrons. The number of fused-ring (bicyclic) bond motifs is 1. The first kappa shape index (κ1) is 21.3. The molecule has 1 heterocycles. The largest absolute Gasteiger partial charge is 0.497 e. The zero-order valence-corrected chi connectivity index (χ0v) is 17.9. The van der Waals surface area contributed by atoms with E-state index in [-0.39, 0.29) is 17.1 Å². The summed E-state index contributed by atoms with van der Waals surface area (Å²) in [5.41, 5.74) is 8.31. The summed E-state index contributed by atoms with van der Waals surface area (Å²) >= 11 is 0. The second-order valence-electron chi connectivity index (χ2n) is 7.63. The lowest BCUT2D eigenvalue weighted by Crippen LogP contribution is -2.38. The third kappa shape index (κ3) is 4.76. The number of carbonyl (C=O) groups excluding carboxylic acids is 1. The van der Waals surface area contributed by atoms with Gasteiger partial charge in [-0.3, -0.25) is 4.79 Å². The molecule has 0 saturated heterocycles. The normalized spacial score (nSPS) is 13.1. The van der Waals surface area contributed by atoms with Crippen LogP contribution in [0.2, 0.25) is 11.6 Å². The topological polar surface area (TPSA) is 106 Å². The lowest BCUT2D eigenvalue weighted by atomic mass is 10.00. The van der Waals surface area contributed by atoms with Gasteiger partial charge in [0.2, 0.25) is 5.78 Å². The zero-order valence-electron chi connectivity index (χ0n) is 16.9. The Bertz CT molecular complexity index is 994. The number of nitrogens with two attached hydrogens (primary N) is 1. The maximum atomic E-state index is 12.8. The average Bonchev–Trinajstić information content (AvgIpc) is 3.14. The van der Waals surface area contributed by atoms with Gasteiger partial charge >= 0.3 is 8.56 Å². The minimum atomic E-state index is -3.18. The number of Topliss-reactive ketones (excluding diaryl/α,β-unsaturated/α-hetero) is 1. The summed E-state index contributed by atoms with van der Waals surface area (Å²) in [5, 5.41) is 0.779. The van der Waals surface area contributed by atoms with E-state index in [1.807, 2.05) is 26.0 Å². The van der Waals surface area contributed by atoms with Gasteiger partial charge in [-0.1, -0.05) is 38.1 Å². The number of aryl methyl sites for hydroxylation is 1. The highest BCUT2D eigenvalue weighted by molar-refractivity contribution is 6.66. The predicted octanol–water partition coefficient (Wildman–Crippen LogP) is 3.70. The van der Waals surface area contributed by atoms with E-state index in [2.05, 4.69) is 0 Å². The molecule has 0 bridgehead atoms. The van der Waals surface area contributed by atoms with Crippen molar-refractivity contribution in [1.29, 1.82) is 0 Å². The van der Waals surface area contributed by atoms with Crippen LogP contribution in [0.25, 0.3) is 11.0 Å². The number of hydrogen-bond donors (Lipinski definition) is 3. The Kier molecular flexibility index (Phi) is 6.23. The summed E-state index contributed by atoms with van der Waals surface area (Å²) < 4.78 is 10.9. The number of rotatable bonds is 8. The third-order valence-electron chi connectivity index (χ3n) is 5.29. The minimum absolute atomic E-state index is 0.114. The van der Waals surface area contributed by atoms with Gasteiger partial charge < -0.3 is 24.5 Å². The fourth-order valence-corrected chi connectivity index (χ4v) is 4.32. The molecule has 3 rings (SSSR count). The van der Waals surface area contributed by atoms with Gasteiger partial charge in [0, 0.05) is 5.39 Å². The summed E-state index contributed by atoms with van der Waals surface area (Å²) in [4.78, 5) is 33.0. The van der Waals surface area contributed by atoms with Crippen molar-refractivity contribution in [2.24, 2.45) is 5.73 Å². The van der Waals surface area contributed by atoms with Gasteiger partial charge in [-0.2, -0.15) is 0 Å². The number of carbonyl (C=O) groups is 1. The molecular weight excluding hydrogens is 386 g/mol. The van der Waals surface area contributed by atoms with E-state index in [1.54, 1.807) is 43.5 Å². The molecular formula is C22H27NO5Si. The molecule has 4 N–H and O–H groups in total. The number of ether oxygens (including phenoxy) is 1.